The highest BCUT2D eigenvalue weighted by atomic mass is 79.9. The lowest BCUT2D eigenvalue weighted by Crippen LogP contribution is -2.37. The molecule has 0 aliphatic carbocycles. The lowest BCUT2D eigenvalue weighted by Gasteiger charge is -2.29. The molecule has 1 aliphatic heterocycles. The number of methoxy groups -OCH3 is 2. The zero-order valence-electron chi connectivity index (χ0n) is 15.0. The predicted molar refractivity (Wildman–Crippen MR) is 105 cm³/mol. The highest BCUT2D eigenvalue weighted by Gasteiger charge is 2.19. The Morgan fingerprint density at radius 1 is 1.12 bits per heavy atom. The Bertz CT molecular complexity index is 777. The van der Waals surface area contributed by atoms with E-state index in [1.165, 1.54) is 11.1 Å². The van der Waals surface area contributed by atoms with Gasteiger partial charge in [-0.2, -0.15) is 0 Å². The fourth-order valence-corrected chi connectivity index (χ4v) is 3.43. The summed E-state index contributed by atoms with van der Waals surface area (Å²) in [6.07, 6.45) is 0.969. The predicted octanol–water partition coefficient (Wildman–Crippen LogP) is 3.25. The van der Waals surface area contributed by atoms with Crippen molar-refractivity contribution in [2.45, 2.75) is 13.0 Å². The van der Waals surface area contributed by atoms with Gasteiger partial charge < -0.3 is 14.8 Å². The third-order valence-electron chi connectivity index (χ3n) is 4.62. The molecule has 0 saturated carbocycles. The van der Waals surface area contributed by atoms with E-state index in [-0.39, 0.29) is 5.91 Å². The topological polar surface area (TPSA) is 50.8 Å². The number of hydrogen-bond acceptors (Lipinski definition) is 4. The van der Waals surface area contributed by atoms with Crippen LogP contribution < -0.4 is 14.8 Å². The lowest BCUT2D eigenvalue weighted by molar-refractivity contribution is 0.0947. The number of amides is 1. The number of ether oxygens (including phenoxy) is 2. The number of nitrogens with zero attached hydrogens (tertiary/aromatic N) is 1. The van der Waals surface area contributed by atoms with Gasteiger partial charge in [0.25, 0.3) is 5.91 Å². The Labute approximate surface area is 162 Å². The van der Waals surface area contributed by atoms with Crippen LogP contribution in [0.4, 0.5) is 0 Å². The molecule has 138 valence electrons. The summed E-state index contributed by atoms with van der Waals surface area (Å²) in [7, 11) is 3.32. The minimum atomic E-state index is -0.0404. The second kappa shape index (κ2) is 8.56. The summed E-state index contributed by atoms with van der Waals surface area (Å²) in [5, 5.41) is 2.99. The van der Waals surface area contributed by atoms with E-state index < -0.39 is 0 Å². The molecule has 0 fully saturated rings. The molecular weight excluding hydrogens is 396 g/mol. The zero-order valence-corrected chi connectivity index (χ0v) is 16.6. The van der Waals surface area contributed by atoms with Crippen LogP contribution in [0.5, 0.6) is 11.5 Å². The van der Waals surface area contributed by atoms with E-state index in [0.717, 1.165) is 42.0 Å². The minimum absolute atomic E-state index is 0.0404. The summed E-state index contributed by atoms with van der Waals surface area (Å²) in [6.45, 7) is 3.26. The fraction of sp³-hybridized carbons (Fsp3) is 0.350. The van der Waals surface area contributed by atoms with Crippen LogP contribution in [0, 0.1) is 0 Å². The molecule has 2 aromatic carbocycles. The quantitative estimate of drug-likeness (QED) is 0.781. The largest absolute Gasteiger partial charge is 0.493 e. The molecule has 1 heterocycles. The molecule has 0 atom stereocenters. The van der Waals surface area contributed by atoms with Crippen molar-refractivity contribution < 1.29 is 14.3 Å². The maximum Gasteiger partial charge on any atom is 0.251 e. The SMILES string of the molecule is COc1cc2c(cc1OC)CN(CCNC(=O)c1ccc(Br)cc1)CC2. The van der Waals surface area contributed by atoms with Crippen LogP contribution in [0.3, 0.4) is 0 Å². The van der Waals surface area contributed by atoms with Crippen LogP contribution in [0.25, 0.3) is 0 Å². The normalized spacial score (nSPS) is 13.8. The lowest BCUT2D eigenvalue weighted by atomic mass is 9.99. The van der Waals surface area contributed by atoms with Crippen molar-refractivity contribution in [3.63, 3.8) is 0 Å². The smallest absolute Gasteiger partial charge is 0.251 e. The van der Waals surface area contributed by atoms with Gasteiger partial charge in [-0.3, -0.25) is 9.69 Å². The van der Waals surface area contributed by atoms with E-state index in [1.54, 1.807) is 14.2 Å². The number of carbonyl (C=O) groups is 1. The van der Waals surface area contributed by atoms with Crippen LogP contribution in [0.15, 0.2) is 40.9 Å². The Hall–Kier alpha value is -2.05. The number of carbonyl (C=O) groups excluding carboxylic acids is 1. The molecule has 0 spiro atoms. The number of rotatable bonds is 6. The average molecular weight is 419 g/mol. The molecule has 1 aliphatic rings. The van der Waals surface area contributed by atoms with Gasteiger partial charge in [-0.25, -0.2) is 0 Å². The maximum atomic E-state index is 12.2. The van der Waals surface area contributed by atoms with Gasteiger partial charge >= 0.3 is 0 Å². The van der Waals surface area contributed by atoms with Gasteiger partial charge in [-0.05, 0) is 53.9 Å². The Morgan fingerprint density at radius 2 is 1.77 bits per heavy atom. The first kappa shape index (κ1) is 18.7. The second-order valence-corrected chi connectivity index (χ2v) is 7.18. The molecule has 0 radical (unpaired) electrons. The molecule has 0 saturated heterocycles. The van der Waals surface area contributed by atoms with E-state index in [1.807, 2.05) is 24.3 Å². The van der Waals surface area contributed by atoms with Crippen LogP contribution in [0.1, 0.15) is 21.5 Å². The monoisotopic (exact) mass is 418 g/mol. The summed E-state index contributed by atoms with van der Waals surface area (Å²) in [6, 6.07) is 11.5. The van der Waals surface area contributed by atoms with Gasteiger partial charge in [-0.1, -0.05) is 15.9 Å². The van der Waals surface area contributed by atoms with Gasteiger partial charge in [0.05, 0.1) is 14.2 Å². The molecule has 3 rings (SSSR count). The van der Waals surface area contributed by atoms with Gasteiger partial charge in [0, 0.05) is 36.2 Å². The first-order valence-corrected chi connectivity index (χ1v) is 9.40. The zero-order chi connectivity index (χ0) is 18.5. The average Bonchev–Trinajstić information content (AvgIpc) is 2.67. The molecule has 0 bridgehead atoms. The fourth-order valence-electron chi connectivity index (χ4n) is 3.16. The van der Waals surface area contributed by atoms with E-state index in [0.29, 0.717) is 12.1 Å². The van der Waals surface area contributed by atoms with E-state index in [2.05, 4.69) is 38.3 Å². The van der Waals surface area contributed by atoms with Crippen molar-refractivity contribution in [2.24, 2.45) is 0 Å². The van der Waals surface area contributed by atoms with E-state index in [4.69, 9.17) is 9.47 Å². The number of benzene rings is 2. The van der Waals surface area contributed by atoms with E-state index in [9.17, 15) is 4.79 Å². The molecule has 5 nitrogen and oxygen atoms in total. The summed E-state index contributed by atoms with van der Waals surface area (Å²) in [5.74, 6) is 1.50. The molecule has 0 aromatic heterocycles. The maximum absolute atomic E-state index is 12.2. The Morgan fingerprint density at radius 3 is 2.42 bits per heavy atom. The number of fused-ring (bicyclic) bond motifs is 1. The molecule has 26 heavy (non-hydrogen) atoms. The van der Waals surface area contributed by atoms with E-state index >= 15 is 0 Å². The van der Waals surface area contributed by atoms with Crippen molar-refractivity contribution >= 4 is 21.8 Å². The summed E-state index contributed by atoms with van der Waals surface area (Å²) in [5.41, 5.74) is 3.24. The molecule has 1 amide bonds. The number of nitrogens with one attached hydrogen (secondary N) is 1. The number of hydrogen-bond donors (Lipinski definition) is 1. The third kappa shape index (κ3) is 4.37. The van der Waals surface area contributed by atoms with Gasteiger partial charge in [0.2, 0.25) is 0 Å². The summed E-state index contributed by atoms with van der Waals surface area (Å²) >= 11 is 3.38. The first-order valence-electron chi connectivity index (χ1n) is 8.60. The standard InChI is InChI=1S/C20H23BrN2O3/c1-25-18-11-15-7-9-23(13-16(15)12-19(18)26-2)10-8-22-20(24)14-3-5-17(21)6-4-14/h3-6,11-12H,7-10,13H2,1-2H3,(H,22,24). The van der Waals surface area contributed by atoms with Gasteiger partial charge in [0.15, 0.2) is 11.5 Å². The second-order valence-electron chi connectivity index (χ2n) is 6.26. The molecule has 0 unspecified atom stereocenters. The van der Waals surface area contributed by atoms with Crippen molar-refractivity contribution in [1.29, 1.82) is 0 Å². The molecule has 1 N–H and O–H groups in total. The van der Waals surface area contributed by atoms with Crippen LogP contribution in [-0.4, -0.2) is 44.7 Å². The number of halogens is 1. The summed E-state index contributed by atoms with van der Waals surface area (Å²) in [4.78, 5) is 14.5. The van der Waals surface area contributed by atoms with Crippen LogP contribution >= 0.6 is 15.9 Å². The summed E-state index contributed by atoms with van der Waals surface area (Å²) < 4.78 is 11.8. The van der Waals surface area contributed by atoms with Crippen LogP contribution in [-0.2, 0) is 13.0 Å². The Balaban J connectivity index is 1.54. The van der Waals surface area contributed by atoms with Crippen molar-refractivity contribution in [3.8, 4) is 11.5 Å². The van der Waals surface area contributed by atoms with Gasteiger partial charge in [-0.15, -0.1) is 0 Å². The van der Waals surface area contributed by atoms with Gasteiger partial charge in [0.1, 0.15) is 0 Å². The van der Waals surface area contributed by atoms with Crippen LogP contribution in [0.2, 0.25) is 0 Å². The van der Waals surface area contributed by atoms with Crippen molar-refractivity contribution in [1.82, 2.24) is 10.2 Å². The first-order chi connectivity index (χ1) is 12.6. The molecular formula is C20H23BrN2O3. The minimum Gasteiger partial charge on any atom is -0.493 e. The third-order valence-corrected chi connectivity index (χ3v) is 5.15. The molecule has 2 aromatic rings. The van der Waals surface area contributed by atoms with Crippen molar-refractivity contribution in [2.75, 3.05) is 33.9 Å². The molecule has 6 heteroatoms. The highest BCUT2D eigenvalue weighted by molar-refractivity contribution is 9.10. The highest BCUT2D eigenvalue weighted by Crippen LogP contribution is 2.33. The van der Waals surface area contributed by atoms with Crippen molar-refractivity contribution in [3.05, 3.63) is 57.6 Å². The Kier molecular flexibility index (Phi) is 6.16.